The van der Waals surface area contributed by atoms with Crippen molar-refractivity contribution in [2.75, 3.05) is 26.2 Å². The van der Waals surface area contributed by atoms with Crippen LogP contribution in [0.4, 0.5) is 0 Å². The summed E-state index contributed by atoms with van der Waals surface area (Å²) >= 11 is 12.5. The number of halogens is 2. The van der Waals surface area contributed by atoms with E-state index in [1.165, 1.54) is 12.1 Å². The van der Waals surface area contributed by atoms with Crippen molar-refractivity contribution < 1.29 is 51.4 Å². The summed E-state index contributed by atoms with van der Waals surface area (Å²) in [6.45, 7) is 4.40. The van der Waals surface area contributed by atoms with Crippen LogP contribution >= 0.6 is 23.2 Å². The third-order valence-electron chi connectivity index (χ3n) is 12.4. The number of nitrogens with one attached hydrogen (secondary N) is 6. The predicted molar refractivity (Wildman–Crippen MR) is 304 cm³/mol. The Kier molecular flexibility index (Phi) is 25.7. The molecule has 5 aromatic rings. The molecule has 20 nitrogen and oxygen atoms in total. The fourth-order valence-corrected chi connectivity index (χ4v) is 9.09. The highest BCUT2D eigenvalue weighted by Crippen LogP contribution is 2.26. The maximum atomic E-state index is 14.2. The number of carbonyl (C=O) groups excluding carboxylic acids is 6. The number of sulfonamides is 1. The number of nitrogens with zero attached hydrogens (tertiary/aromatic N) is 1. The average molecular weight is 1160 g/mol. The molecule has 23 heteroatoms. The van der Waals surface area contributed by atoms with Gasteiger partial charge in [-0.2, -0.15) is 0 Å². The van der Waals surface area contributed by atoms with Gasteiger partial charge >= 0.3 is 5.97 Å². The lowest BCUT2D eigenvalue weighted by atomic mass is 9.97. The second-order valence-electron chi connectivity index (χ2n) is 18.7. The molecule has 0 saturated heterocycles. The first-order valence-electron chi connectivity index (χ1n) is 25.9. The fourth-order valence-electron chi connectivity index (χ4n) is 7.63. The number of rotatable bonds is 31. The van der Waals surface area contributed by atoms with Gasteiger partial charge in [-0.25, -0.2) is 13.1 Å². The molecule has 0 unspecified atom stereocenters. The Morgan fingerprint density at radius 1 is 0.688 bits per heavy atom. The Morgan fingerprint density at radius 3 is 1.96 bits per heavy atom. The molecule has 0 fully saturated rings. The summed E-state index contributed by atoms with van der Waals surface area (Å²) in [6, 6.07) is 31.5. The first-order valence-corrected chi connectivity index (χ1v) is 28.1. The summed E-state index contributed by atoms with van der Waals surface area (Å²) in [5, 5.41) is 14.1. The van der Waals surface area contributed by atoms with Gasteiger partial charge in [0.05, 0.1) is 37.1 Å². The van der Waals surface area contributed by atoms with Crippen LogP contribution < -0.4 is 47.5 Å². The largest absolute Gasteiger partial charge is 0.489 e. The number of esters is 1. The molecular formula is C57H69Cl2N9O11S. The maximum Gasteiger partial charge on any atom is 0.307 e. The van der Waals surface area contributed by atoms with Crippen LogP contribution in [0.15, 0.2) is 137 Å². The van der Waals surface area contributed by atoms with E-state index in [1.54, 1.807) is 110 Å². The van der Waals surface area contributed by atoms with Gasteiger partial charge in [-0.1, -0.05) is 140 Å². The topological polar surface area (TPSA) is 301 Å². The SMILES string of the molecule is CC[C@H](C)[C@H](NC(=O)[C@@H](N)Cc1ccc(OCc2c(Cl)cccc2Cl)cc1)C(=O)NCC(=O)N[C@@H](COCc1ccccc1)C(=O)N[C@@H](CCCN=C(N)NS(=O)(=O)c1ccc(C)cc1)C(=O)NCCC(=O)OCc1ccccc1. The molecule has 0 aromatic heterocycles. The Morgan fingerprint density at radius 2 is 1.32 bits per heavy atom. The summed E-state index contributed by atoms with van der Waals surface area (Å²) in [4.78, 5) is 85.4. The van der Waals surface area contributed by atoms with E-state index in [2.05, 4.69) is 36.3 Å². The van der Waals surface area contributed by atoms with E-state index >= 15 is 0 Å². The zero-order valence-corrected chi connectivity index (χ0v) is 47.1. The van der Waals surface area contributed by atoms with Gasteiger partial charge in [0.2, 0.25) is 35.5 Å². The van der Waals surface area contributed by atoms with Gasteiger partial charge in [-0.15, -0.1) is 0 Å². The van der Waals surface area contributed by atoms with Gasteiger partial charge in [-0.3, -0.25) is 33.8 Å². The van der Waals surface area contributed by atoms with Crippen molar-refractivity contribution in [2.24, 2.45) is 22.4 Å². The summed E-state index contributed by atoms with van der Waals surface area (Å²) in [7, 11) is -4.05. The Hall–Kier alpha value is -7.56. The first-order chi connectivity index (χ1) is 38.3. The molecule has 0 heterocycles. The second-order valence-corrected chi connectivity index (χ2v) is 21.2. The van der Waals surface area contributed by atoms with E-state index < -0.39 is 88.1 Å². The Labute approximate surface area is 476 Å². The van der Waals surface area contributed by atoms with Crippen LogP contribution in [-0.4, -0.2) is 100 Å². The van der Waals surface area contributed by atoms with Gasteiger partial charge in [-0.05, 0) is 85.2 Å². The minimum absolute atomic E-state index is 0.0259. The third kappa shape index (κ3) is 21.6. The number of carbonyl (C=O) groups is 6. The minimum Gasteiger partial charge on any atom is -0.489 e. The van der Waals surface area contributed by atoms with Gasteiger partial charge in [0.25, 0.3) is 10.0 Å². The lowest BCUT2D eigenvalue weighted by Gasteiger charge is -2.26. The standard InChI is InChI=1S/C57H69Cl2N9O11S/c1-4-38(3)52(67-53(71)47(60)31-39-22-24-42(25-23-39)78-35-44-45(58)17-11-18-46(44)59)56(74)64-32-50(69)65-49(36-77-33-40-13-7-5-8-14-40)55(73)66-48(54(72)62-30-28-51(70)79-34-41-15-9-6-10-16-41)19-12-29-63-57(61)68-80(75,76)43-26-20-37(2)21-27-43/h5-11,13-18,20-27,38,47-49,52H,4,12,19,28-36,60H2,1-3H3,(H,62,72)(H,64,74)(H,65,69)(H,66,73)(H,67,71)(H3,61,63,68)/t38-,47-,48-,49-,52-/m0/s1. The lowest BCUT2D eigenvalue weighted by molar-refractivity contribution is -0.145. The normalized spacial score (nSPS) is 13.3. The highest BCUT2D eigenvalue weighted by atomic mass is 35.5. The number of hydrogen-bond acceptors (Lipinski definition) is 13. The van der Waals surface area contributed by atoms with E-state index in [4.69, 9.17) is 48.9 Å². The summed E-state index contributed by atoms with van der Waals surface area (Å²) in [6.07, 6.45) is 0.447. The van der Waals surface area contributed by atoms with E-state index in [-0.39, 0.29) is 70.1 Å². The van der Waals surface area contributed by atoms with Crippen LogP contribution in [0.2, 0.25) is 10.0 Å². The van der Waals surface area contributed by atoms with Crippen molar-refractivity contribution in [3.63, 3.8) is 0 Å². The highest BCUT2D eigenvalue weighted by Gasteiger charge is 2.31. The van der Waals surface area contributed by atoms with Gasteiger partial charge < -0.3 is 52.3 Å². The molecule has 0 bridgehead atoms. The number of benzene rings is 5. The zero-order chi connectivity index (χ0) is 58.0. The third-order valence-corrected chi connectivity index (χ3v) is 14.5. The van der Waals surface area contributed by atoms with Crippen molar-refractivity contribution in [1.29, 1.82) is 0 Å². The van der Waals surface area contributed by atoms with Crippen LogP contribution in [0.5, 0.6) is 5.75 Å². The molecule has 80 heavy (non-hydrogen) atoms. The zero-order valence-electron chi connectivity index (χ0n) is 44.8. The Bertz CT molecular complexity index is 2960. The molecule has 0 saturated carbocycles. The minimum atomic E-state index is -4.05. The van der Waals surface area contributed by atoms with Gasteiger partial charge in [0, 0.05) is 28.7 Å². The van der Waals surface area contributed by atoms with E-state index in [0.717, 1.165) is 22.3 Å². The van der Waals surface area contributed by atoms with Crippen LogP contribution in [0.3, 0.4) is 0 Å². The molecule has 0 radical (unpaired) electrons. The fraction of sp³-hybridized carbons (Fsp3) is 0.351. The first kappa shape index (κ1) is 63.3. The highest BCUT2D eigenvalue weighted by molar-refractivity contribution is 7.90. The van der Waals surface area contributed by atoms with Crippen LogP contribution in [0, 0.1) is 12.8 Å². The maximum absolute atomic E-state index is 14.2. The van der Waals surface area contributed by atoms with Crippen LogP contribution in [0.25, 0.3) is 0 Å². The molecule has 428 valence electrons. The van der Waals surface area contributed by atoms with Crippen LogP contribution in [-0.2, 0) is 74.5 Å². The van der Waals surface area contributed by atoms with Crippen molar-refractivity contribution >= 4 is 74.7 Å². The van der Waals surface area contributed by atoms with Crippen molar-refractivity contribution in [3.8, 4) is 5.75 Å². The molecule has 0 aliphatic heterocycles. The second kappa shape index (κ2) is 32.5. The summed E-state index contributed by atoms with van der Waals surface area (Å²) in [5.74, 6) is -4.45. The van der Waals surface area contributed by atoms with Crippen molar-refractivity contribution in [2.45, 2.75) is 102 Å². The molecule has 5 rings (SSSR count). The monoisotopic (exact) mass is 1160 g/mol. The average Bonchev–Trinajstić information content (AvgIpc) is 3.46. The quantitative estimate of drug-likeness (QED) is 0.0127. The smallest absolute Gasteiger partial charge is 0.307 e. The molecule has 5 amide bonds. The number of hydrogen-bond donors (Lipinski definition) is 8. The number of aryl methyl sites for hydroxylation is 1. The molecule has 0 spiro atoms. The van der Waals surface area contributed by atoms with E-state index in [0.29, 0.717) is 27.8 Å². The number of aliphatic imine (C=N–C) groups is 1. The van der Waals surface area contributed by atoms with E-state index in [9.17, 15) is 37.2 Å². The summed E-state index contributed by atoms with van der Waals surface area (Å²) in [5.41, 5.74) is 16.0. The Balaban J connectivity index is 1.21. The van der Waals surface area contributed by atoms with Gasteiger partial charge in [0.15, 0.2) is 0 Å². The number of nitrogens with two attached hydrogens (primary N) is 2. The van der Waals surface area contributed by atoms with E-state index in [1.807, 2.05) is 26.0 Å². The molecule has 0 aliphatic carbocycles. The molecule has 5 atom stereocenters. The van der Waals surface area contributed by atoms with Gasteiger partial charge in [0.1, 0.15) is 37.1 Å². The number of amides is 5. The molecule has 0 aliphatic rings. The molecule has 5 aromatic carbocycles. The van der Waals surface area contributed by atoms with Crippen LogP contribution in [0.1, 0.15) is 67.3 Å². The number of ether oxygens (including phenoxy) is 3. The molecular weight excluding hydrogens is 1090 g/mol. The van der Waals surface area contributed by atoms with Crippen molar-refractivity contribution in [1.82, 2.24) is 31.3 Å². The molecule has 10 N–H and O–H groups in total. The lowest BCUT2D eigenvalue weighted by Crippen LogP contribution is -2.57. The predicted octanol–water partition coefficient (Wildman–Crippen LogP) is 4.91. The number of guanidine groups is 1. The van der Waals surface area contributed by atoms with Crippen molar-refractivity contribution in [3.05, 3.63) is 165 Å². The summed E-state index contributed by atoms with van der Waals surface area (Å²) < 4.78 is 45.1.